The van der Waals surface area contributed by atoms with Crippen LogP contribution in [0.5, 0.6) is 5.75 Å². The van der Waals surface area contributed by atoms with Gasteiger partial charge in [0, 0.05) is 6.07 Å². The molecule has 1 aromatic rings. The van der Waals surface area contributed by atoms with Gasteiger partial charge in [-0.2, -0.15) is 0 Å². The first kappa shape index (κ1) is 12.5. The zero-order chi connectivity index (χ0) is 13.3. The highest BCUT2D eigenvalue weighted by Gasteiger charge is 2.19. The van der Waals surface area contributed by atoms with E-state index in [4.69, 9.17) is 10.5 Å². The van der Waals surface area contributed by atoms with E-state index in [1.807, 2.05) is 0 Å². The van der Waals surface area contributed by atoms with Crippen LogP contribution in [0, 0.1) is 0 Å². The van der Waals surface area contributed by atoms with E-state index in [0.717, 1.165) is 0 Å². The fourth-order valence-electron chi connectivity index (χ4n) is 1.47. The Kier molecular flexibility index (Phi) is 3.04. The zero-order valence-corrected chi connectivity index (χ0v) is 10.5. The normalized spacial score (nSPS) is 14.4. The molecule has 0 aromatic heterocycles. The number of nitrogens with one attached hydrogen (secondary N) is 2. The third-order valence-corrected chi connectivity index (χ3v) is 3.72. The van der Waals surface area contributed by atoms with Gasteiger partial charge in [-0.15, -0.1) is 0 Å². The molecule has 0 atom stereocenters. The molecular formula is C10H13N3O4S. The van der Waals surface area contributed by atoms with Crippen molar-refractivity contribution in [1.29, 1.82) is 0 Å². The maximum atomic E-state index is 11.5. The molecule has 98 valence electrons. The summed E-state index contributed by atoms with van der Waals surface area (Å²) in [5.41, 5.74) is 6.58. The number of fused-ring (bicyclic) bond motifs is 1. The van der Waals surface area contributed by atoms with Crippen molar-refractivity contribution in [3.63, 3.8) is 0 Å². The van der Waals surface area contributed by atoms with E-state index in [1.165, 1.54) is 19.1 Å². The predicted molar refractivity (Wildman–Crippen MR) is 68.1 cm³/mol. The molecule has 1 amide bonds. The van der Waals surface area contributed by atoms with E-state index in [0.29, 0.717) is 11.4 Å². The van der Waals surface area contributed by atoms with E-state index in [1.54, 1.807) is 0 Å². The summed E-state index contributed by atoms with van der Waals surface area (Å²) in [6, 6.07) is 2.91. The fourth-order valence-corrected chi connectivity index (χ4v) is 2.13. The summed E-state index contributed by atoms with van der Waals surface area (Å²) in [7, 11) is -3.42. The Bertz CT molecular complexity index is 597. The minimum absolute atomic E-state index is 0.0631. The summed E-state index contributed by atoms with van der Waals surface area (Å²) in [6.07, 6.45) is 0. The van der Waals surface area contributed by atoms with Gasteiger partial charge in [0.2, 0.25) is 10.0 Å². The largest absolute Gasteiger partial charge is 0.482 e. The topological polar surface area (TPSA) is 111 Å². The minimum atomic E-state index is -3.42. The molecule has 0 saturated carbocycles. The molecule has 4 N–H and O–H groups in total. The Labute approximate surface area is 104 Å². The lowest BCUT2D eigenvalue weighted by molar-refractivity contribution is -0.118. The van der Waals surface area contributed by atoms with Crippen LogP contribution in [0.2, 0.25) is 0 Å². The van der Waals surface area contributed by atoms with Crippen LogP contribution in [-0.2, 0) is 14.8 Å². The molecule has 0 spiro atoms. The molecule has 0 bridgehead atoms. The molecule has 1 aliphatic heterocycles. The third-order valence-electron chi connectivity index (χ3n) is 2.43. The molecule has 2 rings (SSSR count). The highest BCUT2D eigenvalue weighted by Crippen LogP contribution is 2.35. The monoisotopic (exact) mass is 271 g/mol. The van der Waals surface area contributed by atoms with Gasteiger partial charge in [-0.1, -0.05) is 0 Å². The summed E-state index contributed by atoms with van der Waals surface area (Å²) in [6.45, 7) is 1.44. The number of hydrogen-bond acceptors (Lipinski definition) is 5. The second-order valence-corrected chi connectivity index (χ2v) is 5.79. The van der Waals surface area contributed by atoms with E-state index in [9.17, 15) is 13.2 Å². The lowest BCUT2D eigenvalue weighted by Gasteiger charge is -2.20. The first-order chi connectivity index (χ1) is 8.41. The van der Waals surface area contributed by atoms with Crippen molar-refractivity contribution in [2.24, 2.45) is 0 Å². The number of nitrogens with two attached hydrogens (primary N) is 1. The second kappa shape index (κ2) is 4.37. The maximum absolute atomic E-state index is 11.5. The number of benzene rings is 1. The first-order valence-corrected chi connectivity index (χ1v) is 6.93. The van der Waals surface area contributed by atoms with E-state index in [-0.39, 0.29) is 29.6 Å². The SMILES string of the molecule is CCS(=O)(=O)Nc1cc2c(cc1N)OCC(=O)N2. The number of amides is 1. The van der Waals surface area contributed by atoms with E-state index < -0.39 is 10.0 Å². The number of sulfonamides is 1. The Morgan fingerprint density at radius 1 is 1.50 bits per heavy atom. The van der Waals surface area contributed by atoms with Crippen molar-refractivity contribution in [2.45, 2.75) is 6.92 Å². The van der Waals surface area contributed by atoms with Gasteiger partial charge in [-0.25, -0.2) is 8.42 Å². The molecule has 1 heterocycles. The molecule has 1 aromatic carbocycles. The maximum Gasteiger partial charge on any atom is 0.262 e. The Morgan fingerprint density at radius 2 is 2.22 bits per heavy atom. The van der Waals surface area contributed by atoms with Gasteiger partial charge in [-0.05, 0) is 13.0 Å². The van der Waals surface area contributed by atoms with Crippen LogP contribution in [-0.4, -0.2) is 26.7 Å². The van der Waals surface area contributed by atoms with Gasteiger partial charge in [0.1, 0.15) is 5.75 Å². The third kappa shape index (κ3) is 2.48. The van der Waals surface area contributed by atoms with Crippen molar-refractivity contribution in [2.75, 3.05) is 28.1 Å². The van der Waals surface area contributed by atoms with Crippen LogP contribution in [0.15, 0.2) is 12.1 Å². The van der Waals surface area contributed by atoms with E-state index in [2.05, 4.69) is 10.0 Å². The summed E-state index contributed by atoms with van der Waals surface area (Å²) in [5, 5.41) is 2.58. The van der Waals surface area contributed by atoms with Crippen LogP contribution in [0.3, 0.4) is 0 Å². The molecule has 0 unspecified atom stereocenters. The average molecular weight is 271 g/mol. The quantitative estimate of drug-likeness (QED) is 0.687. The van der Waals surface area contributed by atoms with E-state index >= 15 is 0 Å². The molecule has 7 nitrogen and oxygen atoms in total. The summed E-state index contributed by atoms with van der Waals surface area (Å²) < 4.78 is 30.4. The Morgan fingerprint density at radius 3 is 2.89 bits per heavy atom. The molecule has 8 heteroatoms. The van der Waals surface area contributed by atoms with Crippen molar-refractivity contribution < 1.29 is 17.9 Å². The van der Waals surface area contributed by atoms with Crippen molar-refractivity contribution in [3.05, 3.63) is 12.1 Å². The summed E-state index contributed by atoms with van der Waals surface area (Å²) in [4.78, 5) is 11.2. The number of hydrogen-bond donors (Lipinski definition) is 3. The van der Waals surface area contributed by atoms with Crippen LogP contribution in [0.1, 0.15) is 6.92 Å². The van der Waals surface area contributed by atoms with Gasteiger partial charge in [0.15, 0.2) is 6.61 Å². The van der Waals surface area contributed by atoms with Crippen LogP contribution >= 0.6 is 0 Å². The van der Waals surface area contributed by atoms with Gasteiger partial charge < -0.3 is 15.8 Å². The molecule has 1 aliphatic rings. The standard InChI is InChI=1S/C10H13N3O4S/c1-2-18(15,16)13-7-4-8-9(3-6(7)11)17-5-10(14)12-8/h3-4,13H,2,5,11H2,1H3,(H,12,14). The van der Waals surface area contributed by atoms with Gasteiger partial charge >= 0.3 is 0 Å². The predicted octanol–water partition coefficient (Wildman–Crippen LogP) is 0.361. The minimum Gasteiger partial charge on any atom is -0.482 e. The van der Waals surface area contributed by atoms with Crippen molar-refractivity contribution in [1.82, 2.24) is 0 Å². The Balaban J connectivity index is 2.38. The lowest BCUT2D eigenvalue weighted by Crippen LogP contribution is -2.26. The summed E-state index contributed by atoms with van der Waals surface area (Å²) >= 11 is 0. The van der Waals surface area contributed by atoms with Crippen LogP contribution in [0.4, 0.5) is 17.1 Å². The molecule has 18 heavy (non-hydrogen) atoms. The smallest absolute Gasteiger partial charge is 0.262 e. The highest BCUT2D eigenvalue weighted by molar-refractivity contribution is 7.92. The number of anilines is 3. The number of ether oxygens (including phenoxy) is 1. The molecular weight excluding hydrogens is 258 g/mol. The molecule has 0 aliphatic carbocycles. The molecule has 0 fully saturated rings. The fraction of sp³-hybridized carbons (Fsp3) is 0.300. The van der Waals surface area contributed by atoms with Gasteiger partial charge in [0.25, 0.3) is 5.91 Å². The summed E-state index contributed by atoms with van der Waals surface area (Å²) in [5.74, 6) is 0.0648. The first-order valence-electron chi connectivity index (χ1n) is 5.28. The number of rotatable bonds is 3. The zero-order valence-electron chi connectivity index (χ0n) is 9.69. The lowest BCUT2D eigenvalue weighted by atomic mass is 10.2. The van der Waals surface area contributed by atoms with Crippen LogP contribution in [0.25, 0.3) is 0 Å². The van der Waals surface area contributed by atoms with Crippen molar-refractivity contribution in [3.8, 4) is 5.75 Å². The number of carbonyl (C=O) groups excluding carboxylic acids is 1. The van der Waals surface area contributed by atoms with Gasteiger partial charge in [-0.3, -0.25) is 9.52 Å². The molecule has 0 saturated heterocycles. The van der Waals surface area contributed by atoms with Gasteiger partial charge in [0.05, 0.1) is 22.8 Å². The van der Waals surface area contributed by atoms with Crippen molar-refractivity contribution >= 4 is 33.0 Å². The second-order valence-electron chi connectivity index (χ2n) is 3.78. The average Bonchev–Trinajstić information content (AvgIpc) is 2.30. The van der Waals surface area contributed by atoms with Crippen LogP contribution < -0.4 is 20.5 Å². The Hall–Kier alpha value is -1.96. The molecule has 0 radical (unpaired) electrons. The number of nitrogen functional groups attached to an aromatic ring is 1. The number of carbonyl (C=O) groups is 1. The highest BCUT2D eigenvalue weighted by atomic mass is 32.2.